The zero-order valence-electron chi connectivity index (χ0n) is 33.8. The fourth-order valence-corrected chi connectivity index (χ4v) is 9.49. The zero-order chi connectivity index (χ0) is 40.7. The second-order valence-corrected chi connectivity index (χ2v) is 16.9. The number of aromatic hydroxyl groups is 2. The minimum Gasteiger partial charge on any atom is -0.508 e. The quantitative estimate of drug-likeness (QED) is 0.0598. The van der Waals surface area contributed by atoms with Crippen molar-refractivity contribution >= 4 is 40.2 Å². The summed E-state index contributed by atoms with van der Waals surface area (Å²) in [5, 5.41) is 26.4. The third-order valence-corrected chi connectivity index (χ3v) is 12.8. The van der Waals surface area contributed by atoms with Crippen molar-refractivity contribution in [1.29, 1.82) is 0 Å². The topological polar surface area (TPSA) is 118 Å². The van der Waals surface area contributed by atoms with Gasteiger partial charge in [0.25, 0.3) is 0 Å². The summed E-state index contributed by atoms with van der Waals surface area (Å²) in [7, 11) is 0. The smallest absolute Gasteiger partial charge is 0.243 e. The second kappa shape index (κ2) is 19.0. The number of imide groups is 1. The summed E-state index contributed by atoms with van der Waals surface area (Å²) in [6.07, 6.45) is 6.39. The van der Waals surface area contributed by atoms with Gasteiger partial charge in [-0.3, -0.25) is 24.7 Å². The number of rotatable bonds is 14. The Kier molecular flexibility index (Phi) is 13.2. The number of halogens is 1. The highest BCUT2D eigenvalue weighted by molar-refractivity contribution is 6.18. The number of fused-ring (bicyclic) bond motifs is 1. The standard InChI is InChI=1S/C48H56ClN5O5/c49-22-19-44(34-4-11-41(55)12-5-34)47(35-6-13-42(56)14-7-35)36-8-15-43(16-9-36)59-27-26-52-24-20-33(21-25-52)29-50-39-2-1-23-53(32-39)40-10-3-37-30-54(31-38(37)28-40)45-17-18-46(57)51-48(45)58/h3-16,28,33,39,45,50,55-56H,1-2,17-27,29-32H2,(H,51,57,58)/t39-,45?/m0/s1. The maximum absolute atomic E-state index is 12.5. The van der Waals surface area contributed by atoms with Crippen molar-refractivity contribution in [2.45, 2.75) is 70.1 Å². The number of hydrogen-bond donors (Lipinski definition) is 4. The molecular formula is C48H56ClN5O5. The van der Waals surface area contributed by atoms with Crippen molar-refractivity contribution in [2.75, 3.05) is 56.7 Å². The van der Waals surface area contributed by atoms with Crippen molar-refractivity contribution in [1.82, 2.24) is 20.4 Å². The van der Waals surface area contributed by atoms with Gasteiger partial charge in [-0.05, 0) is 152 Å². The average molecular weight is 818 g/mol. The van der Waals surface area contributed by atoms with E-state index in [2.05, 4.69) is 55.7 Å². The minimum atomic E-state index is -0.228. The van der Waals surface area contributed by atoms with E-state index in [1.807, 2.05) is 36.4 Å². The number of phenolic OH excluding ortho intramolecular Hbond substituents is 2. The lowest BCUT2D eigenvalue weighted by Gasteiger charge is -2.37. The number of allylic oxidation sites excluding steroid dienone is 1. The molecule has 3 saturated heterocycles. The Balaban J connectivity index is 0.788. The van der Waals surface area contributed by atoms with E-state index in [1.165, 1.54) is 42.5 Å². The number of carbonyl (C=O) groups is 2. The van der Waals surface area contributed by atoms with E-state index in [0.717, 1.165) is 85.9 Å². The molecule has 0 aromatic heterocycles. The maximum atomic E-state index is 12.5. The number of hydrogen-bond acceptors (Lipinski definition) is 9. The molecule has 4 heterocycles. The van der Waals surface area contributed by atoms with E-state index in [-0.39, 0.29) is 29.4 Å². The number of anilines is 1. The number of ether oxygens (including phenoxy) is 1. The van der Waals surface area contributed by atoms with E-state index in [0.29, 0.717) is 43.7 Å². The Labute approximate surface area is 352 Å². The summed E-state index contributed by atoms with van der Waals surface area (Å²) in [5.41, 5.74) is 8.93. The summed E-state index contributed by atoms with van der Waals surface area (Å²) in [4.78, 5) is 31.4. The summed E-state index contributed by atoms with van der Waals surface area (Å²) in [6, 6.07) is 29.7. The molecule has 0 aliphatic carbocycles. The van der Waals surface area contributed by atoms with E-state index in [9.17, 15) is 19.8 Å². The normalized spacial score (nSPS) is 20.9. The van der Waals surface area contributed by atoms with Crippen LogP contribution in [0, 0.1) is 5.92 Å². The number of nitrogens with zero attached hydrogens (tertiary/aromatic N) is 3. The fraction of sp³-hybridized carbons (Fsp3) is 0.417. The molecule has 0 radical (unpaired) electrons. The van der Waals surface area contributed by atoms with Gasteiger partial charge >= 0.3 is 0 Å². The van der Waals surface area contributed by atoms with E-state index in [4.69, 9.17) is 16.3 Å². The summed E-state index contributed by atoms with van der Waals surface area (Å²) in [5.74, 6) is 2.06. The first-order valence-electron chi connectivity index (χ1n) is 21.3. The number of benzene rings is 4. The van der Waals surface area contributed by atoms with Gasteiger partial charge in [0.1, 0.15) is 23.9 Å². The molecule has 11 heteroatoms. The van der Waals surface area contributed by atoms with Crippen LogP contribution in [0.1, 0.15) is 72.8 Å². The van der Waals surface area contributed by atoms with Crippen molar-refractivity contribution in [3.05, 3.63) is 119 Å². The molecule has 0 spiro atoms. The number of phenols is 2. The van der Waals surface area contributed by atoms with Gasteiger partial charge in [-0.25, -0.2) is 0 Å². The first-order valence-corrected chi connectivity index (χ1v) is 21.8. The number of nitrogens with one attached hydrogen (secondary N) is 2. The predicted molar refractivity (Wildman–Crippen MR) is 234 cm³/mol. The lowest BCUT2D eigenvalue weighted by molar-refractivity contribution is -0.137. The minimum absolute atomic E-state index is 0.157. The van der Waals surface area contributed by atoms with Crippen molar-refractivity contribution in [3.8, 4) is 17.2 Å². The van der Waals surface area contributed by atoms with Crippen LogP contribution in [0.3, 0.4) is 0 Å². The van der Waals surface area contributed by atoms with Gasteiger partial charge in [-0.15, -0.1) is 11.6 Å². The Hall–Kier alpha value is -4.87. The van der Waals surface area contributed by atoms with Crippen LogP contribution in [-0.4, -0.2) is 95.7 Å². The van der Waals surface area contributed by atoms with E-state index in [1.54, 1.807) is 24.3 Å². The predicted octanol–water partition coefficient (Wildman–Crippen LogP) is 7.16. The molecular weight excluding hydrogens is 762 g/mol. The Morgan fingerprint density at radius 2 is 1.47 bits per heavy atom. The molecule has 4 aromatic carbocycles. The van der Waals surface area contributed by atoms with Crippen LogP contribution in [-0.2, 0) is 22.7 Å². The molecule has 1 unspecified atom stereocenters. The van der Waals surface area contributed by atoms with Crippen molar-refractivity contribution in [3.63, 3.8) is 0 Å². The van der Waals surface area contributed by atoms with Crippen molar-refractivity contribution < 1.29 is 24.5 Å². The highest BCUT2D eigenvalue weighted by atomic mass is 35.5. The van der Waals surface area contributed by atoms with Crippen LogP contribution in [0.2, 0.25) is 0 Å². The third kappa shape index (κ3) is 10.1. The number of alkyl halides is 1. The summed E-state index contributed by atoms with van der Waals surface area (Å²) < 4.78 is 6.25. The average Bonchev–Trinajstić information content (AvgIpc) is 3.68. The van der Waals surface area contributed by atoms with Crippen LogP contribution >= 0.6 is 11.6 Å². The molecule has 0 saturated carbocycles. The Morgan fingerprint density at radius 3 is 2.17 bits per heavy atom. The highest BCUT2D eigenvalue weighted by Gasteiger charge is 2.35. The SMILES string of the molecule is O=C1CCC(N2Cc3ccc(N4CCC[C@H](NCC5CCN(CCOc6ccc(C(=C(CCCl)c7ccc(O)cc7)c7ccc(O)cc7)cc6)CC5)C4)cc3C2)C(=O)N1. The van der Waals surface area contributed by atoms with Crippen molar-refractivity contribution in [2.24, 2.45) is 5.92 Å². The largest absolute Gasteiger partial charge is 0.508 e. The Morgan fingerprint density at radius 1 is 0.797 bits per heavy atom. The van der Waals surface area contributed by atoms with Crippen LogP contribution < -0.4 is 20.3 Å². The monoisotopic (exact) mass is 817 g/mol. The van der Waals surface area contributed by atoms with Gasteiger partial charge in [-0.2, -0.15) is 0 Å². The number of likely N-dealkylation sites (tertiary alicyclic amines) is 1. The van der Waals surface area contributed by atoms with Crippen LogP contribution in [0.4, 0.5) is 5.69 Å². The maximum Gasteiger partial charge on any atom is 0.243 e. The lowest BCUT2D eigenvalue weighted by atomic mass is 9.88. The number of carbonyl (C=O) groups excluding carboxylic acids is 2. The van der Waals surface area contributed by atoms with Gasteiger partial charge in [0, 0.05) is 56.8 Å². The summed E-state index contributed by atoms with van der Waals surface area (Å²) in [6.45, 7) is 8.33. The number of piperidine rings is 3. The van der Waals surface area contributed by atoms with Crippen LogP contribution in [0.15, 0.2) is 91.0 Å². The van der Waals surface area contributed by atoms with Gasteiger partial charge in [0.05, 0.1) is 6.04 Å². The van der Waals surface area contributed by atoms with E-state index >= 15 is 0 Å². The molecule has 8 rings (SSSR count). The van der Waals surface area contributed by atoms with E-state index < -0.39 is 0 Å². The summed E-state index contributed by atoms with van der Waals surface area (Å²) >= 11 is 6.32. The Bertz CT molecular complexity index is 2100. The fourth-order valence-electron chi connectivity index (χ4n) is 9.31. The molecule has 310 valence electrons. The molecule has 3 fully saturated rings. The van der Waals surface area contributed by atoms with Gasteiger partial charge in [-0.1, -0.05) is 42.5 Å². The molecule has 4 aliphatic rings. The second-order valence-electron chi connectivity index (χ2n) is 16.6. The first kappa shape index (κ1) is 40.9. The lowest BCUT2D eigenvalue weighted by Crippen LogP contribution is -2.50. The molecule has 4 aliphatic heterocycles. The molecule has 4 aromatic rings. The molecule has 59 heavy (non-hydrogen) atoms. The van der Waals surface area contributed by atoms with Gasteiger partial charge in [0.2, 0.25) is 11.8 Å². The molecule has 4 N–H and O–H groups in total. The zero-order valence-corrected chi connectivity index (χ0v) is 34.5. The molecule has 2 amide bonds. The highest BCUT2D eigenvalue weighted by Crippen LogP contribution is 2.37. The molecule has 10 nitrogen and oxygen atoms in total. The van der Waals surface area contributed by atoms with Gasteiger partial charge < -0.3 is 25.2 Å². The first-order chi connectivity index (χ1) is 28.8. The molecule has 2 atom stereocenters. The van der Waals surface area contributed by atoms with Crippen LogP contribution in [0.25, 0.3) is 11.1 Å². The van der Waals surface area contributed by atoms with Gasteiger partial charge in [0.15, 0.2) is 0 Å². The van der Waals surface area contributed by atoms with Crippen LogP contribution in [0.5, 0.6) is 17.2 Å². The molecule has 0 bridgehead atoms. The number of amides is 2. The third-order valence-electron chi connectivity index (χ3n) is 12.6.